The fourth-order valence-electron chi connectivity index (χ4n) is 1.89. The standard InChI is InChI=1S/C15H23BrN2O2S/c1-3-11(2)9-18-21(19,20)15-8-12(4-7-14(15)16)10-17-13-5-6-13/h4,7-8,11,13,17-18H,3,5-6,9-10H2,1-2H3. The molecule has 118 valence electrons. The van der Waals surface area contributed by atoms with Gasteiger partial charge in [0.1, 0.15) is 0 Å². The van der Waals surface area contributed by atoms with Gasteiger partial charge in [-0.2, -0.15) is 0 Å². The van der Waals surface area contributed by atoms with Crippen molar-refractivity contribution in [1.29, 1.82) is 0 Å². The van der Waals surface area contributed by atoms with Crippen molar-refractivity contribution in [2.45, 2.75) is 50.6 Å². The van der Waals surface area contributed by atoms with Crippen molar-refractivity contribution in [1.82, 2.24) is 10.0 Å². The summed E-state index contributed by atoms with van der Waals surface area (Å²) in [6.45, 7) is 5.27. The van der Waals surface area contributed by atoms with E-state index in [0.717, 1.165) is 12.0 Å². The van der Waals surface area contributed by atoms with Crippen LogP contribution in [0.3, 0.4) is 0 Å². The number of halogens is 1. The normalized spacial score (nSPS) is 16.9. The van der Waals surface area contributed by atoms with Gasteiger partial charge in [0.05, 0.1) is 4.90 Å². The first-order valence-corrected chi connectivity index (χ1v) is 9.71. The maximum absolute atomic E-state index is 12.4. The van der Waals surface area contributed by atoms with Crippen LogP contribution in [0, 0.1) is 5.92 Å². The summed E-state index contributed by atoms with van der Waals surface area (Å²) < 4.78 is 28.1. The second-order valence-electron chi connectivity index (χ2n) is 5.79. The van der Waals surface area contributed by atoms with Crippen molar-refractivity contribution in [2.75, 3.05) is 6.54 Å². The van der Waals surface area contributed by atoms with Gasteiger partial charge >= 0.3 is 0 Å². The summed E-state index contributed by atoms with van der Waals surface area (Å²) in [6.07, 6.45) is 3.39. The Balaban J connectivity index is 2.10. The molecule has 1 aromatic carbocycles. The Kier molecular flexibility index (Phi) is 5.82. The van der Waals surface area contributed by atoms with Crippen LogP contribution in [-0.4, -0.2) is 21.0 Å². The highest BCUT2D eigenvalue weighted by molar-refractivity contribution is 9.10. The molecule has 6 heteroatoms. The maximum Gasteiger partial charge on any atom is 0.241 e. The predicted molar refractivity (Wildman–Crippen MR) is 88.6 cm³/mol. The molecular weight excluding hydrogens is 352 g/mol. The largest absolute Gasteiger partial charge is 0.310 e. The molecule has 0 radical (unpaired) electrons. The molecule has 1 aliphatic rings. The minimum absolute atomic E-state index is 0.320. The van der Waals surface area contributed by atoms with E-state index < -0.39 is 10.0 Å². The Morgan fingerprint density at radius 1 is 1.38 bits per heavy atom. The van der Waals surface area contributed by atoms with Crippen LogP contribution in [0.2, 0.25) is 0 Å². The van der Waals surface area contributed by atoms with Crippen molar-refractivity contribution < 1.29 is 8.42 Å². The van der Waals surface area contributed by atoms with Crippen molar-refractivity contribution in [3.05, 3.63) is 28.2 Å². The zero-order chi connectivity index (χ0) is 15.5. The van der Waals surface area contributed by atoms with Crippen LogP contribution in [0.5, 0.6) is 0 Å². The van der Waals surface area contributed by atoms with Crippen molar-refractivity contribution in [2.24, 2.45) is 5.92 Å². The summed E-state index contributed by atoms with van der Waals surface area (Å²) in [5.74, 6) is 0.332. The minimum Gasteiger partial charge on any atom is -0.310 e. The Morgan fingerprint density at radius 2 is 2.10 bits per heavy atom. The van der Waals surface area contributed by atoms with Gasteiger partial charge in [0.25, 0.3) is 0 Å². The van der Waals surface area contributed by atoms with E-state index in [1.807, 2.05) is 19.1 Å². The Morgan fingerprint density at radius 3 is 2.71 bits per heavy atom. The number of rotatable bonds is 8. The van der Waals surface area contributed by atoms with Gasteiger partial charge in [-0.05, 0) is 52.4 Å². The summed E-state index contributed by atoms with van der Waals surface area (Å²) in [5.41, 5.74) is 0.994. The first-order chi connectivity index (χ1) is 9.92. The van der Waals surface area contributed by atoms with Gasteiger partial charge in [0, 0.05) is 23.6 Å². The molecular formula is C15H23BrN2O2S. The van der Waals surface area contributed by atoms with Gasteiger partial charge in [0.15, 0.2) is 0 Å². The molecule has 0 aromatic heterocycles. The highest BCUT2D eigenvalue weighted by atomic mass is 79.9. The molecule has 1 unspecified atom stereocenters. The summed E-state index contributed by atoms with van der Waals surface area (Å²) in [5, 5.41) is 3.40. The first-order valence-electron chi connectivity index (χ1n) is 7.44. The summed E-state index contributed by atoms with van der Waals surface area (Å²) in [4.78, 5) is 0.320. The molecule has 1 fully saturated rings. The molecule has 2 N–H and O–H groups in total. The Hall–Kier alpha value is -0.430. The van der Waals surface area contributed by atoms with E-state index >= 15 is 0 Å². The number of sulfonamides is 1. The molecule has 21 heavy (non-hydrogen) atoms. The molecule has 0 spiro atoms. The van der Waals surface area contributed by atoms with Gasteiger partial charge < -0.3 is 5.32 Å². The molecule has 1 atom stereocenters. The van der Waals surface area contributed by atoms with Crippen LogP contribution < -0.4 is 10.0 Å². The molecule has 1 saturated carbocycles. The molecule has 0 heterocycles. The third-order valence-electron chi connectivity index (χ3n) is 3.78. The quantitative estimate of drug-likeness (QED) is 0.734. The van der Waals surface area contributed by atoms with Crippen LogP contribution in [0.25, 0.3) is 0 Å². The van der Waals surface area contributed by atoms with E-state index in [0.29, 0.717) is 34.4 Å². The summed E-state index contributed by atoms with van der Waals surface area (Å²) in [6, 6.07) is 6.12. The molecule has 0 amide bonds. The van der Waals surface area contributed by atoms with Gasteiger partial charge in [-0.3, -0.25) is 0 Å². The lowest BCUT2D eigenvalue weighted by atomic mass is 10.1. The monoisotopic (exact) mass is 374 g/mol. The van der Waals surface area contributed by atoms with Crippen molar-refractivity contribution in [3.8, 4) is 0 Å². The number of hydrogen-bond acceptors (Lipinski definition) is 3. The smallest absolute Gasteiger partial charge is 0.241 e. The summed E-state index contributed by atoms with van der Waals surface area (Å²) >= 11 is 3.34. The van der Waals surface area contributed by atoms with Gasteiger partial charge in [0.2, 0.25) is 10.0 Å². The van der Waals surface area contributed by atoms with E-state index in [4.69, 9.17) is 0 Å². The van der Waals surface area contributed by atoms with Crippen LogP contribution in [0.4, 0.5) is 0 Å². The Labute approximate surface area is 135 Å². The highest BCUT2D eigenvalue weighted by Gasteiger charge is 2.21. The second kappa shape index (κ2) is 7.22. The lowest BCUT2D eigenvalue weighted by Gasteiger charge is -2.13. The molecule has 1 aliphatic carbocycles. The molecule has 2 rings (SSSR count). The third-order valence-corrected chi connectivity index (χ3v) is 6.19. The van der Waals surface area contributed by atoms with Gasteiger partial charge in [-0.1, -0.05) is 26.3 Å². The molecule has 1 aromatic rings. The predicted octanol–water partition coefficient (Wildman–Crippen LogP) is 3.03. The van der Waals surface area contributed by atoms with Crippen LogP contribution >= 0.6 is 15.9 Å². The van der Waals surface area contributed by atoms with Crippen LogP contribution in [0.15, 0.2) is 27.6 Å². The third kappa shape index (κ3) is 5.06. The Bertz CT molecular complexity index is 585. The lowest BCUT2D eigenvalue weighted by molar-refractivity contribution is 0.528. The number of hydrogen-bond donors (Lipinski definition) is 2. The van der Waals surface area contributed by atoms with E-state index in [1.165, 1.54) is 12.8 Å². The fraction of sp³-hybridized carbons (Fsp3) is 0.600. The average Bonchev–Trinajstić information content (AvgIpc) is 3.28. The number of benzene rings is 1. The van der Waals surface area contributed by atoms with Crippen LogP contribution in [0.1, 0.15) is 38.7 Å². The molecule has 0 aliphatic heterocycles. The molecule has 0 saturated heterocycles. The van der Waals surface area contributed by atoms with E-state index in [-0.39, 0.29) is 0 Å². The summed E-state index contributed by atoms with van der Waals surface area (Å²) in [7, 11) is -3.47. The minimum atomic E-state index is -3.47. The van der Waals surface area contributed by atoms with Crippen molar-refractivity contribution >= 4 is 26.0 Å². The van der Waals surface area contributed by atoms with Gasteiger partial charge in [-0.15, -0.1) is 0 Å². The zero-order valence-corrected chi connectivity index (χ0v) is 14.9. The first kappa shape index (κ1) is 16.9. The molecule has 0 bridgehead atoms. The topological polar surface area (TPSA) is 58.2 Å². The molecule has 4 nitrogen and oxygen atoms in total. The van der Waals surface area contributed by atoms with E-state index in [2.05, 4.69) is 32.9 Å². The van der Waals surface area contributed by atoms with Crippen LogP contribution in [-0.2, 0) is 16.6 Å². The second-order valence-corrected chi connectivity index (χ2v) is 8.37. The average molecular weight is 375 g/mol. The van der Waals surface area contributed by atoms with Gasteiger partial charge in [-0.25, -0.2) is 13.1 Å². The highest BCUT2D eigenvalue weighted by Crippen LogP contribution is 2.24. The van der Waals surface area contributed by atoms with E-state index in [9.17, 15) is 8.42 Å². The van der Waals surface area contributed by atoms with E-state index in [1.54, 1.807) is 6.07 Å². The zero-order valence-electron chi connectivity index (χ0n) is 12.5. The maximum atomic E-state index is 12.4. The fourth-order valence-corrected chi connectivity index (χ4v) is 4.06. The SMILES string of the molecule is CCC(C)CNS(=O)(=O)c1cc(CNC2CC2)ccc1Br. The van der Waals surface area contributed by atoms with Crippen molar-refractivity contribution in [3.63, 3.8) is 0 Å². The lowest BCUT2D eigenvalue weighted by Crippen LogP contribution is -2.28. The number of nitrogens with one attached hydrogen (secondary N) is 2.